The third-order valence-corrected chi connectivity index (χ3v) is 4.26. The van der Waals surface area contributed by atoms with Gasteiger partial charge < -0.3 is 4.90 Å². The molecule has 0 N–H and O–H groups in total. The Morgan fingerprint density at radius 3 is 2.53 bits per heavy atom. The molecule has 0 aromatic carbocycles. The Labute approximate surface area is 94.8 Å². The average molecular weight is 224 g/mol. The Kier molecular flexibility index (Phi) is 2.92. The molecule has 1 heterocycles. The standard InChI is InChI=1S/C11H16N2OS/c1-9-6-11(7-9,8-12)10(14)13-2-4-15-5-3-13/h9H,2-7H2,1H3. The SMILES string of the molecule is CC1CC(C#N)(C(=O)N2CCSCC2)C1. The van der Waals surface area contributed by atoms with Gasteiger partial charge in [0, 0.05) is 24.6 Å². The molecule has 0 aromatic heterocycles. The summed E-state index contributed by atoms with van der Waals surface area (Å²) < 4.78 is 0. The van der Waals surface area contributed by atoms with Gasteiger partial charge in [-0.1, -0.05) is 6.92 Å². The highest BCUT2D eigenvalue weighted by Crippen LogP contribution is 2.46. The van der Waals surface area contributed by atoms with Gasteiger partial charge >= 0.3 is 0 Å². The summed E-state index contributed by atoms with van der Waals surface area (Å²) in [5, 5.41) is 9.15. The highest BCUT2D eigenvalue weighted by atomic mass is 32.2. The zero-order chi connectivity index (χ0) is 10.9. The van der Waals surface area contributed by atoms with E-state index in [1.54, 1.807) is 0 Å². The van der Waals surface area contributed by atoms with Crippen LogP contribution in [0.3, 0.4) is 0 Å². The van der Waals surface area contributed by atoms with Crippen molar-refractivity contribution >= 4 is 17.7 Å². The van der Waals surface area contributed by atoms with Gasteiger partial charge in [0.15, 0.2) is 0 Å². The Morgan fingerprint density at radius 2 is 2.07 bits per heavy atom. The summed E-state index contributed by atoms with van der Waals surface area (Å²) in [6.45, 7) is 3.75. The molecule has 82 valence electrons. The van der Waals surface area contributed by atoms with Gasteiger partial charge in [0.1, 0.15) is 5.41 Å². The molecule has 2 aliphatic rings. The molecule has 1 aliphatic carbocycles. The largest absolute Gasteiger partial charge is 0.340 e. The van der Waals surface area contributed by atoms with Gasteiger partial charge in [-0.25, -0.2) is 0 Å². The van der Waals surface area contributed by atoms with E-state index in [0.717, 1.165) is 37.4 Å². The lowest BCUT2D eigenvalue weighted by atomic mass is 9.62. The zero-order valence-electron chi connectivity index (χ0n) is 9.03. The minimum absolute atomic E-state index is 0.0865. The van der Waals surface area contributed by atoms with Crippen molar-refractivity contribution in [3.8, 4) is 6.07 Å². The zero-order valence-corrected chi connectivity index (χ0v) is 9.85. The van der Waals surface area contributed by atoms with Crippen molar-refractivity contribution in [2.24, 2.45) is 11.3 Å². The van der Waals surface area contributed by atoms with Crippen LogP contribution < -0.4 is 0 Å². The van der Waals surface area contributed by atoms with Crippen molar-refractivity contribution in [1.82, 2.24) is 4.90 Å². The molecule has 0 spiro atoms. The summed E-state index contributed by atoms with van der Waals surface area (Å²) in [6, 6.07) is 2.24. The monoisotopic (exact) mass is 224 g/mol. The van der Waals surface area contributed by atoms with Crippen LogP contribution in [0.25, 0.3) is 0 Å². The average Bonchev–Trinajstić information content (AvgIpc) is 2.25. The number of carbonyl (C=O) groups excluding carboxylic acids is 1. The third kappa shape index (κ3) is 1.85. The van der Waals surface area contributed by atoms with Crippen molar-refractivity contribution in [1.29, 1.82) is 5.26 Å². The predicted molar refractivity (Wildman–Crippen MR) is 60.3 cm³/mol. The summed E-state index contributed by atoms with van der Waals surface area (Å²) in [6.07, 6.45) is 1.51. The summed E-state index contributed by atoms with van der Waals surface area (Å²) in [5.74, 6) is 2.65. The molecular formula is C11H16N2OS. The number of hydrogen-bond acceptors (Lipinski definition) is 3. The van der Waals surface area contributed by atoms with Crippen molar-refractivity contribution in [2.45, 2.75) is 19.8 Å². The predicted octanol–water partition coefficient (Wildman–Crippen LogP) is 1.50. The van der Waals surface area contributed by atoms with Gasteiger partial charge in [-0.05, 0) is 18.8 Å². The van der Waals surface area contributed by atoms with Gasteiger partial charge in [-0.3, -0.25) is 4.79 Å². The molecule has 1 amide bonds. The molecule has 3 nitrogen and oxygen atoms in total. The van der Waals surface area contributed by atoms with Gasteiger partial charge in [0.2, 0.25) is 5.91 Å². The quantitative estimate of drug-likeness (QED) is 0.678. The third-order valence-electron chi connectivity index (χ3n) is 3.32. The number of hydrogen-bond donors (Lipinski definition) is 0. The lowest BCUT2D eigenvalue weighted by Gasteiger charge is -2.43. The topological polar surface area (TPSA) is 44.1 Å². The van der Waals surface area contributed by atoms with E-state index >= 15 is 0 Å². The van der Waals surface area contributed by atoms with E-state index in [2.05, 4.69) is 13.0 Å². The van der Waals surface area contributed by atoms with Crippen LogP contribution in [0.4, 0.5) is 0 Å². The first-order valence-electron chi connectivity index (χ1n) is 5.46. The number of carbonyl (C=O) groups is 1. The molecule has 0 aromatic rings. The number of amides is 1. The Morgan fingerprint density at radius 1 is 1.47 bits per heavy atom. The van der Waals surface area contributed by atoms with Crippen molar-refractivity contribution < 1.29 is 4.79 Å². The van der Waals surface area contributed by atoms with E-state index in [0.29, 0.717) is 5.92 Å². The number of nitriles is 1. The van der Waals surface area contributed by atoms with Gasteiger partial charge in [-0.15, -0.1) is 0 Å². The first kappa shape index (κ1) is 10.8. The smallest absolute Gasteiger partial charge is 0.243 e. The molecule has 0 bridgehead atoms. The molecule has 0 unspecified atom stereocenters. The normalized spacial score (nSPS) is 35.5. The lowest BCUT2D eigenvalue weighted by Crippen LogP contribution is -2.52. The molecule has 1 aliphatic heterocycles. The molecule has 2 fully saturated rings. The highest BCUT2D eigenvalue weighted by Gasteiger charge is 2.50. The van der Waals surface area contributed by atoms with Crippen LogP contribution in [-0.2, 0) is 4.79 Å². The summed E-state index contributed by atoms with van der Waals surface area (Å²) in [7, 11) is 0. The van der Waals surface area contributed by atoms with E-state index in [1.807, 2.05) is 16.7 Å². The first-order valence-corrected chi connectivity index (χ1v) is 6.62. The molecule has 15 heavy (non-hydrogen) atoms. The molecular weight excluding hydrogens is 208 g/mol. The fourth-order valence-electron chi connectivity index (χ4n) is 2.51. The Bertz CT molecular complexity index is 298. The molecule has 0 atom stereocenters. The van der Waals surface area contributed by atoms with Crippen LogP contribution in [0.1, 0.15) is 19.8 Å². The fourth-order valence-corrected chi connectivity index (χ4v) is 3.42. The van der Waals surface area contributed by atoms with E-state index in [4.69, 9.17) is 5.26 Å². The number of rotatable bonds is 1. The van der Waals surface area contributed by atoms with Gasteiger partial charge in [0.05, 0.1) is 6.07 Å². The fraction of sp³-hybridized carbons (Fsp3) is 0.818. The van der Waals surface area contributed by atoms with Crippen LogP contribution in [0.2, 0.25) is 0 Å². The highest BCUT2D eigenvalue weighted by molar-refractivity contribution is 7.99. The second-order valence-electron chi connectivity index (χ2n) is 4.61. The van der Waals surface area contributed by atoms with Crippen molar-refractivity contribution in [3.63, 3.8) is 0 Å². The second-order valence-corrected chi connectivity index (χ2v) is 5.84. The van der Waals surface area contributed by atoms with Gasteiger partial charge in [0.25, 0.3) is 0 Å². The Hall–Kier alpha value is -0.690. The van der Waals surface area contributed by atoms with Crippen molar-refractivity contribution in [3.05, 3.63) is 0 Å². The molecule has 4 heteroatoms. The van der Waals surface area contributed by atoms with E-state index in [9.17, 15) is 4.79 Å². The summed E-state index contributed by atoms with van der Waals surface area (Å²) in [4.78, 5) is 14.1. The summed E-state index contributed by atoms with van der Waals surface area (Å²) >= 11 is 1.88. The maximum Gasteiger partial charge on any atom is 0.243 e. The maximum absolute atomic E-state index is 12.2. The van der Waals surface area contributed by atoms with E-state index in [1.165, 1.54) is 0 Å². The number of thioether (sulfide) groups is 1. The van der Waals surface area contributed by atoms with Crippen LogP contribution in [0.5, 0.6) is 0 Å². The van der Waals surface area contributed by atoms with Gasteiger partial charge in [-0.2, -0.15) is 17.0 Å². The van der Waals surface area contributed by atoms with E-state index < -0.39 is 5.41 Å². The van der Waals surface area contributed by atoms with Crippen LogP contribution >= 0.6 is 11.8 Å². The molecule has 2 rings (SSSR count). The Balaban J connectivity index is 2.03. The van der Waals surface area contributed by atoms with Crippen LogP contribution in [-0.4, -0.2) is 35.4 Å². The van der Waals surface area contributed by atoms with Crippen molar-refractivity contribution in [2.75, 3.05) is 24.6 Å². The first-order chi connectivity index (χ1) is 7.18. The van der Waals surface area contributed by atoms with Crippen LogP contribution in [0, 0.1) is 22.7 Å². The minimum Gasteiger partial charge on any atom is -0.340 e. The summed E-state index contributed by atoms with van der Waals surface area (Å²) in [5.41, 5.74) is -0.665. The minimum atomic E-state index is -0.665. The van der Waals surface area contributed by atoms with Crippen LogP contribution in [0.15, 0.2) is 0 Å². The number of nitrogens with zero attached hydrogens (tertiary/aromatic N) is 2. The van der Waals surface area contributed by atoms with E-state index in [-0.39, 0.29) is 5.91 Å². The molecule has 1 saturated carbocycles. The second kappa shape index (κ2) is 4.05. The lowest BCUT2D eigenvalue weighted by molar-refractivity contribution is -0.144. The molecule has 0 radical (unpaired) electrons. The molecule has 1 saturated heterocycles. The maximum atomic E-state index is 12.2.